The molecule has 4 aromatic rings. The summed E-state index contributed by atoms with van der Waals surface area (Å²) in [5.74, 6) is 0.181. The third kappa shape index (κ3) is 5.25. The average molecular weight is 566 g/mol. The molecule has 0 unspecified atom stereocenters. The molecule has 0 atom stereocenters. The van der Waals surface area contributed by atoms with Gasteiger partial charge in [-0.25, -0.2) is 9.50 Å². The third-order valence-electron chi connectivity index (χ3n) is 9.00. The van der Waals surface area contributed by atoms with Gasteiger partial charge in [0.15, 0.2) is 0 Å². The van der Waals surface area contributed by atoms with Gasteiger partial charge in [0, 0.05) is 42.1 Å². The SMILES string of the molecule is CCC1(C(=O)NC(C)C)CCN(c2ccc(-c3nc(-c4cnn(C5CCNCC5)c4)cn4ncc(C#N)c34)cc2)CC1. The number of benzene rings is 1. The summed E-state index contributed by atoms with van der Waals surface area (Å²) in [6.07, 6.45) is 12.0. The summed E-state index contributed by atoms with van der Waals surface area (Å²) in [5.41, 5.74) is 5.34. The highest BCUT2D eigenvalue weighted by Crippen LogP contribution is 2.38. The quantitative estimate of drug-likeness (QED) is 0.337. The second kappa shape index (κ2) is 11.6. The number of hydrogen-bond donors (Lipinski definition) is 2. The van der Waals surface area contributed by atoms with Crippen LogP contribution >= 0.6 is 0 Å². The zero-order chi connectivity index (χ0) is 29.3. The summed E-state index contributed by atoms with van der Waals surface area (Å²) in [7, 11) is 0. The van der Waals surface area contributed by atoms with E-state index in [0.29, 0.717) is 17.1 Å². The van der Waals surface area contributed by atoms with E-state index in [0.717, 1.165) is 86.5 Å². The summed E-state index contributed by atoms with van der Waals surface area (Å²) >= 11 is 0. The molecule has 2 saturated heterocycles. The second-order valence-electron chi connectivity index (χ2n) is 11.9. The highest BCUT2D eigenvalue weighted by molar-refractivity contribution is 5.84. The van der Waals surface area contributed by atoms with Gasteiger partial charge in [-0.2, -0.15) is 15.5 Å². The molecule has 0 aliphatic carbocycles. The minimum absolute atomic E-state index is 0.146. The number of nitrogens with one attached hydrogen (secondary N) is 2. The topological polar surface area (TPSA) is 116 Å². The van der Waals surface area contributed by atoms with Crippen molar-refractivity contribution in [1.29, 1.82) is 5.26 Å². The van der Waals surface area contributed by atoms with Crippen molar-refractivity contribution in [1.82, 2.24) is 35.0 Å². The number of aromatic nitrogens is 5. The van der Waals surface area contributed by atoms with Crippen LogP contribution in [-0.4, -0.2) is 62.5 Å². The van der Waals surface area contributed by atoms with Crippen molar-refractivity contribution >= 4 is 17.1 Å². The lowest BCUT2D eigenvalue weighted by atomic mass is 9.75. The maximum atomic E-state index is 13.0. The molecule has 1 aromatic carbocycles. The predicted molar refractivity (Wildman–Crippen MR) is 163 cm³/mol. The molecule has 0 spiro atoms. The Morgan fingerprint density at radius 1 is 1.10 bits per heavy atom. The molecule has 5 heterocycles. The first-order valence-corrected chi connectivity index (χ1v) is 15.1. The van der Waals surface area contributed by atoms with E-state index >= 15 is 0 Å². The standard InChI is InChI=1S/C32H39N9O/c1-4-32(31(42)37-22(2)3)11-15-39(16-12-32)26-7-5-23(6-8-26)29-30-24(17-33)18-36-41(30)21-28(38-29)25-19-35-40(20-25)27-9-13-34-14-10-27/h5-8,18-22,27,34H,4,9-16H2,1-3H3,(H,37,42). The van der Waals surface area contributed by atoms with Crippen molar-refractivity contribution in [2.75, 3.05) is 31.1 Å². The largest absolute Gasteiger partial charge is 0.371 e. The van der Waals surface area contributed by atoms with Gasteiger partial charge in [-0.3, -0.25) is 9.48 Å². The molecule has 0 bridgehead atoms. The van der Waals surface area contributed by atoms with Gasteiger partial charge in [0.05, 0.1) is 41.4 Å². The number of carbonyl (C=O) groups is 1. The number of fused-ring (bicyclic) bond motifs is 1. The Morgan fingerprint density at radius 2 is 1.83 bits per heavy atom. The number of anilines is 1. The summed E-state index contributed by atoms with van der Waals surface area (Å²) in [6, 6.07) is 11.2. The lowest BCUT2D eigenvalue weighted by Crippen LogP contribution is -2.50. The van der Waals surface area contributed by atoms with E-state index in [1.165, 1.54) is 0 Å². The lowest BCUT2D eigenvalue weighted by molar-refractivity contribution is -0.133. The fourth-order valence-electron chi connectivity index (χ4n) is 6.36. The Bertz CT molecular complexity index is 1600. The first-order chi connectivity index (χ1) is 20.4. The third-order valence-corrected chi connectivity index (χ3v) is 9.00. The molecular weight excluding hydrogens is 526 g/mol. The van der Waals surface area contributed by atoms with E-state index in [-0.39, 0.29) is 17.4 Å². The van der Waals surface area contributed by atoms with Crippen molar-refractivity contribution in [3.63, 3.8) is 0 Å². The highest BCUT2D eigenvalue weighted by Gasteiger charge is 2.40. The first kappa shape index (κ1) is 27.9. The smallest absolute Gasteiger partial charge is 0.226 e. The Balaban J connectivity index is 1.27. The van der Waals surface area contributed by atoms with E-state index in [1.807, 2.05) is 26.2 Å². The lowest BCUT2D eigenvalue weighted by Gasteiger charge is -2.41. The van der Waals surface area contributed by atoms with Crippen LogP contribution in [0.2, 0.25) is 0 Å². The number of nitriles is 1. The molecule has 2 aliphatic heterocycles. The minimum Gasteiger partial charge on any atom is -0.371 e. The highest BCUT2D eigenvalue weighted by atomic mass is 16.2. The number of hydrogen-bond acceptors (Lipinski definition) is 7. The van der Waals surface area contributed by atoms with Crippen LogP contribution in [0, 0.1) is 16.7 Å². The molecule has 0 saturated carbocycles. The summed E-state index contributed by atoms with van der Waals surface area (Å²) < 4.78 is 3.81. The monoisotopic (exact) mass is 565 g/mol. The summed E-state index contributed by atoms with van der Waals surface area (Å²) in [6.45, 7) is 9.82. The van der Waals surface area contributed by atoms with Gasteiger partial charge < -0.3 is 15.5 Å². The number of rotatable bonds is 7. The number of piperidine rings is 2. The van der Waals surface area contributed by atoms with Crippen LogP contribution in [-0.2, 0) is 4.79 Å². The molecule has 10 nitrogen and oxygen atoms in total. The van der Waals surface area contributed by atoms with Gasteiger partial charge in [-0.1, -0.05) is 19.1 Å². The van der Waals surface area contributed by atoms with Crippen molar-refractivity contribution < 1.29 is 4.79 Å². The van der Waals surface area contributed by atoms with Crippen LogP contribution in [0.4, 0.5) is 5.69 Å². The van der Waals surface area contributed by atoms with Crippen LogP contribution in [0.25, 0.3) is 28.0 Å². The average Bonchev–Trinajstić information content (AvgIpc) is 3.69. The summed E-state index contributed by atoms with van der Waals surface area (Å²) in [4.78, 5) is 20.4. The van der Waals surface area contributed by atoms with Gasteiger partial charge in [-0.15, -0.1) is 0 Å². The molecule has 218 valence electrons. The molecule has 42 heavy (non-hydrogen) atoms. The number of carbonyl (C=O) groups excluding carboxylic acids is 1. The molecule has 2 fully saturated rings. The molecule has 2 aliphatic rings. The van der Waals surface area contributed by atoms with E-state index in [1.54, 1.807) is 10.7 Å². The first-order valence-electron chi connectivity index (χ1n) is 15.1. The van der Waals surface area contributed by atoms with Crippen molar-refractivity contribution in [3.05, 3.63) is 54.6 Å². The predicted octanol–water partition coefficient (Wildman–Crippen LogP) is 4.58. The van der Waals surface area contributed by atoms with Crippen LogP contribution < -0.4 is 15.5 Å². The Morgan fingerprint density at radius 3 is 2.50 bits per heavy atom. The van der Waals surface area contributed by atoms with E-state index in [4.69, 9.17) is 4.98 Å². The maximum Gasteiger partial charge on any atom is 0.226 e. The number of amides is 1. The molecule has 10 heteroatoms. The van der Waals surface area contributed by atoms with Gasteiger partial charge in [-0.05, 0) is 71.2 Å². The van der Waals surface area contributed by atoms with Crippen molar-refractivity contribution in [3.8, 4) is 28.6 Å². The van der Waals surface area contributed by atoms with E-state index in [2.05, 4.69) is 73.9 Å². The second-order valence-corrected chi connectivity index (χ2v) is 11.9. The summed E-state index contributed by atoms with van der Waals surface area (Å²) in [5, 5.41) is 25.5. The maximum absolute atomic E-state index is 13.0. The molecule has 2 N–H and O–H groups in total. The van der Waals surface area contributed by atoms with Gasteiger partial charge >= 0.3 is 0 Å². The molecule has 0 radical (unpaired) electrons. The fraction of sp³-hybridized carbons (Fsp3) is 0.469. The van der Waals surface area contributed by atoms with E-state index < -0.39 is 0 Å². The van der Waals surface area contributed by atoms with Crippen LogP contribution in [0.15, 0.2) is 49.1 Å². The Kier molecular flexibility index (Phi) is 7.69. The number of nitrogens with zero attached hydrogens (tertiary/aromatic N) is 7. The van der Waals surface area contributed by atoms with Crippen molar-refractivity contribution in [2.24, 2.45) is 5.41 Å². The zero-order valence-electron chi connectivity index (χ0n) is 24.7. The van der Waals surface area contributed by atoms with Gasteiger partial charge in [0.25, 0.3) is 0 Å². The molecular formula is C32H39N9O. The Labute approximate surface area is 246 Å². The Hall–Kier alpha value is -4.23. The van der Waals surface area contributed by atoms with Gasteiger partial charge in [0.2, 0.25) is 5.91 Å². The minimum atomic E-state index is -0.298. The van der Waals surface area contributed by atoms with E-state index in [9.17, 15) is 10.1 Å². The normalized spacial score (nSPS) is 17.5. The van der Waals surface area contributed by atoms with Crippen LogP contribution in [0.5, 0.6) is 0 Å². The molecule has 6 rings (SSSR count). The molecule has 1 amide bonds. The molecule has 3 aromatic heterocycles. The zero-order valence-corrected chi connectivity index (χ0v) is 24.7. The fourth-order valence-corrected chi connectivity index (χ4v) is 6.36. The van der Waals surface area contributed by atoms with Crippen molar-refractivity contribution in [2.45, 2.75) is 65.0 Å². The van der Waals surface area contributed by atoms with Gasteiger partial charge in [0.1, 0.15) is 17.1 Å². The van der Waals surface area contributed by atoms with Crippen LogP contribution in [0.3, 0.4) is 0 Å². The van der Waals surface area contributed by atoms with Crippen LogP contribution in [0.1, 0.15) is 64.5 Å².